The Morgan fingerprint density at radius 2 is 2.05 bits per heavy atom. The van der Waals surface area contributed by atoms with Crippen LogP contribution in [-0.2, 0) is 9.84 Å². The molecule has 0 aliphatic heterocycles. The van der Waals surface area contributed by atoms with E-state index >= 15 is 0 Å². The molecule has 5 nitrogen and oxygen atoms in total. The van der Waals surface area contributed by atoms with Crippen LogP contribution in [-0.4, -0.2) is 31.6 Å². The number of nitrogens with two attached hydrogens (primary N) is 1. The topological polar surface area (TPSA) is 76.3 Å². The molecule has 1 saturated carbocycles. The maximum Gasteiger partial charge on any atom is 0.185 e. The molecular weight excluding hydrogens is 282 g/mol. The van der Waals surface area contributed by atoms with Gasteiger partial charge in [0, 0.05) is 13.1 Å². The highest BCUT2D eigenvalue weighted by molar-refractivity contribution is 7.91. The molecular formula is C12H21N3O2S2. The van der Waals surface area contributed by atoms with Crippen LogP contribution in [0.3, 0.4) is 0 Å². The van der Waals surface area contributed by atoms with E-state index in [2.05, 4.69) is 9.27 Å². The van der Waals surface area contributed by atoms with Crippen molar-refractivity contribution in [3.8, 4) is 0 Å². The Labute approximate surface area is 118 Å². The molecule has 0 saturated heterocycles. The predicted octanol–water partition coefficient (Wildman–Crippen LogP) is 2.29. The number of anilines is 2. The van der Waals surface area contributed by atoms with Crippen LogP contribution in [0, 0.1) is 0 Å². The lowest BCUT2D eigenvalue weighted by Crippen LogP contribution is -2.29. The minimum Gasteiger partial charge on any atom is -0.382 e. The van der Waals surface area contributed by atoms with Gasteiger partial charge in [-0.15, -0.1) is 0 Å². The average Bonchev–Trinajstić information content (AvgIpc) is 2.96. The molecule has 1 aliphatic carbocycles. The molecule has 0 unspecified atom stereocenters. The molecule has 0 bridgehead atoms. The molecule has 0 radical (unpaired) electrons. The van der Waals surface area contributed by atoms with E-state index in [0.29, 0.717) is 17.5 Å². The minimum atomic E-state index is -3.32. The van der Waals surface area contributed by atoms with Crippen molar-refractivity contribution in [2.75, 3.05) is 23.4 Å². The first-order valence-corrected chi connectivity index (χ1v) is 9.10. The lowest BCUT2D eigenvalue weighted by Gasteiger charge is -2.25. The summed E-state index contributed by atoms with van der Waals surface area (Å²) in [5, 5.41) is 0.706. The zero-order valence-electron chi connectivity index (χ0n) is 11.4. The normalized spacial score (nSPS) is 16.9. The molecule has 1 aliphatic rings. The van der Waals surface area contributed by atoms with E-state index < -0.39 is 9.84 Å². The van der Waals surface area contributed by atoms with Crippen molar-refractivity contribution >= 4 is 32.2 Å². The second kappa shape index (κ2) is 5.66. The van der Waals surface area contributed by atoms with Crippen LogP contribution in [0.25, 0.3) is 0 Å². The number of hydrogen-bond donors (Lipinski definition) is 1. The molecule has 1 aromatic rings. The van der Waals surface area contributed by atoms with E-state index in [-0.39, 0.29) is 16.5 Å². The van der Waals surface area contributed by atoms with Gasteiger partial charge < -0.3 is 10.6 Å². The fourth-order valence-electron chi connectivity index (χ4n) is 2.63. The van der Waals surface area contributed by atoms with Gasteiger partial charge in [-0.2, -0.15) is 4.37 Å². The molecule has 1 fully saturated rings. The largest absolute Gasteiger partial charge is 0.382 e. The number of rotatable bonds is 5. The summed E-state index contributed by atoms with van der Waals surface area (Å²) in [5.41, 5.74) is 5.79. The molecule has 108 valence electrons. The van der Waals surface area contributed by atoms with Gasteiger partial charge in [-0.3, -0.25) is 0 Å². The first-order chi connectivity index (χ1) is 8.97. The van der Waals surface area contributed by atoms with Gasteiger partial charge in [0.1, 0.15) is 9.90 Å². The predicted molar refractivity (Wildman–Crippen MR) is 79.5 cm³/mol. The summed E-state index contributed by atoms with van der Waals surface area (Å²) >= 11 is 1.20. The lowest BCUT2D eigenvalue weighted by molar-refractivity contribution is 0.593. The van der Waals surface area contributed by atoms with Crippen molar-refractivity contribution in [3.05, 3.63) is 0 Å². The van der Waals surface area contributed by atoms with Crippen LogP contribution in [0.2, 0.25) is 0 Å². The summed E-state index contributed by atoms with van der Waals surface area (Å²) in [6.07, 6.45) is 5.23. The van der Waals surface area contributed by atoms with Crippen molar-refractivity contribution in [2.24, 2.45) is 0 Å². The second-order valence-corrected chi connectivity index (χ2v) is 7.87. The summed E-state index contributed by atoms with van der Waals surface area (Å²) < 4.78 is 28.7. The molecule has 7 heteroatoms. The smallest absolute Gasteiger partial charge is 0.185 e. The zero-order chi connectivity index (χ0) is 14.0. The molecule has 1 heterocycles. The van der Waals surface area contributed by atoms with Gasteiger partial charge in [0.2, 0.25) is 0 Å². The molecule has 19 heavy (non-hydrogen) atoms. The average molecular weight is 303 g/mol. The number of aromatic nitrogens is 1. The zero-order valence-corrected chi connectivity index (χ0v) is 13.1. The quantitative estimate of drug-likeness (QED) is 0.903. The Balaban J connectivity index is 2.37. The summed E-state index contributed by atoms with van der Waals surface area (Å²) in [7, 11) is -1.37. The number of sulfone groups is 1. The summed E-state index contributed by atoms with van der Waals surface area (Å²) in [6, 6.07) is 0.412. The molecule has 1 aromatic heterocycles. The van der Waals surface area contributed by atoms with Gasteiger partial charge in [-0.05, 0) is 30.8 Å². The highest BCUT2D eigenvalue weighted by Gasteiger charge is 2.30. The highest BCUT2D eigenvalue weighted by Crippen LogP contribution is 2.38. The Bertz CT molecular complexity index is 533. The molecule has 0 amide bonds. The van der Waals surface area contributed by atoms with E-state index in [1.54, 1.807) is 0 Å². The van der Waals surface area contributed by atoms with Crippen LogP contribution < -0.4 is 10.6 Å². The van der Waals surface area contributed by atoms with E-state index in [1.165, 1.54) is 24.4 Å². The minimum absolute atomic E-state index is 0.126. The van der Waals surface area contributed by atoms with Gasteiger partial charge in [0.15, 0.2) is 15.7 Å². The summed E-state index contributed by atoms with van der Waals surface area (Å²) in [6.45, 7) is 1.86. The summed E-state index contributed by atoms with van der Waals surface area (Å²) in [5.74, 6) is 0.277. The van der Waals surface area contributed by atoms with E-state index in [1.807, 2.05) is 14.0 Å². The van der Waals surface area contributed by atoms with E-state index in [4.69, 9.17) is 5.73 Å². The van der Waals surface area contributed by atoms with Crippen molar-refractivity contribution in [3.63, 3.8) is 0 Å². The van der Waals surface area contributed by atoms with Crippen molar-refractivity contribution in [1.82, 2.24) is 4.37 Å². The fourth-order valence-corrected chi connectivity index (χ4v) is 5.44. The fraction of sp³-hybridized carbons (Fsp3) is 0.750. The van der Waals surface area contributed by atoms with Gasteiger partial charge >= 0.3 is 0 Å². The van der Waals surface area contributed by atoms with Crippen LogP contribution >= 0.6 is 11.5 Å². The first-order valence-electron chi connectivity index (χ1n) is 6.68. The number of hydrogen-bond acceptors (Lipinski definition) is 6. The Kier molecular flexibility index (Phi) is 4.35. The summed E-state index contributed by atoms with van der Waals surface area (Å²) in [4.78, 5) is 2.30. The van der Waals surface area contributed by atoms with Crippen molar-refractivity contribution in [2.45, 2.75) is 50.0 Å². The Morgan fingerprint density at radius 3 is 2.63 bits per heavy atom. The van der Waals surface area contributed by atoms with Crippen molar-refractivity contribution < 1.29 is 8.42 Å². The highest BCUT2D eigenvalue weighted by atomic mass is 32.2. The Hall–Kier alpha value is -0.820. The van der Waals surface area contributed by atoms with Crippen LogP contribution in [0.15, 0.2) is 4.90 Å². The maximum absolute atomic E-state index is 12.3. The third-order valence-electron chi connectivity index (χ3n) is 3.63. The Morgan fingerprint density at radius 1 is 1.42 bits per heavy atom. The first kappa shape index (κ1) is 14.6. The molecule has 2 rings (SSSR count). The monoisotopic (exact) mass is 303 g/mol. The second-order valence-electron chi connectivity index (χ2n) is 5.07. The molecule has 0 atom stereocenters. The van der Waals surface area contributed by atoms with Gasteiger partial charge in [-0.1, -0.05) is 19.8 Å². The molecule has 0 aromatic carbocycles. The van der Waals surface area contributed by atoms with Crippen LogP contribution in [0.1, 0.15) is 39.0 Å². The number of nitrogens with zero attached hydrogens (tertiary/aromatic N) is 2. The third-order valence-corrected chi connectivity index (χ3v) is 6.69. The third kappa shape index (κ3) is 2.86. The standard InChI is InChI=1S/C12H21N3O2S2/c1-3-8-19(16,17)10-11(13)14-18-12(10)15(2)9-6-4-5-7-9/h9H,3-8H2,1-2H3,(H2,13,14). The van der Waals surface area contributed by atoms with Gasteiger partial charge in [0.05, 0.1) is 5.75 Å². The van der Waals surface area contributed by atoms with E-state index in [0.717, 1.165) is 12.8 Å². The van der Waals surface area contributed by atoms with Crippen LogP contribution in [0.4, 0.5) is 10.8 Å². The van der Waals surface area contributed by atoms with Gasteiger partial charge in [-0.25, -0.2) is 8.42 Å². The van der Waals surface area contributed by atoms with Crippen molar-refractivity contribution in [1.29, 1.82) is 0 Å². The maximum atomic E-state index is 12.3. The SMILES string of the molecule is CCCS(=O)(=O)c1c(N)nsc1N(C)C1CCCC1. The van der Waals surface area contributed by atoms with Crippen LogP contribution in [0.5, 0.6) is 0 Å². The number of nitrogen functional groups attached to an aromatic ring is 1. The molecule has 2 N–H and O–H groups in total. The molecule has 0 spiro atoms. The van der Waals surface area contributed by atoms with Gasteiger partial charge in [0.25, 0.3) is 0 Å². The van der Waals surface area contributed by atoms with E-state index in [9.17, 15) is 8.42 Å². The lowest BCUT2D eigenvalue weighted by atomic mass is 10.2.